The molecule has 1 fully saturated rings. The van der Waals surface area contributed by atoms with Crippen molar-refractivity contribution < 1.29 is 18.0 Å². The number of aromatic nitrogens is 2. The smallest absolute Gasteiger partial charge is 0.321 e. The molecule has 1 aliphatic heterocycles. The fourth-order valence-electron chi connectivity index (χ4n) is 3.07. The van der Waals surface area contributed by atoms with Crippen LogP contribution in [0.3, 0.4) is 0 Å². The van der Waals surface area contributed by atoms with E-state index in [-0.39, 0.29) is 10.9 Å². The summed E-state index contributed by atoms with van der Waals surface area (Å²) in [5, 5.41) is 11.8. The summed E-state index contributed by atoms with van der Waals surface area (Å²) < 4.78 is 42.8. The van der Waals surface area contributed by atoms with Gasteiger partial charge in [0.25, 0.3) is 6.43 Å². The highest BCUT2D eigenvalue weighted by Crippen LogP contribution is 2.46. The first-order chi connectivity index (χ1) is 13.2. The van der Waals surface area contributed by atoms with Crippen molar-refractivity contribution in [3.63, 3.8) is 0 Å². The number of hydrogen-bond acceptors (Lipinski definition) is 4. The van der Waals surface area contributed by atoms with Crippen LogP contribution in [-0.4, -0.2) is 45.0 Å². The van der Waals surface area contributed by atoms with Crippen molar-refractivity contribution in [2.75, 3.05) is 13.1 Å². The first-order valence-electron chi connectivity index (χ1n) is 8.76. The Morgan fingerprint density at radius 1 is 1.50 bits per heavy atom. The molecule has 1 atom stereocenters. The van der Waals surface area contributed by atoms with Gasteiger partial charge in [0.05, 0.1) is 10.6 Å². The zero-order chi connectivity index (χ0) is 20.9. The number of urea groups is 1. The molecule has 0 spiro atoms. The molecule has 1 aromatic heterocycles. The Balaban J connectivity index is 1.98. The van der Waals surface area contributed by atoms with Crippen molar-refractivity contribution in [3.8, 4) is 0 Å². The fraction of sp³-hybridized carbons (Fsp3) is 0.500. The highest BCUT2D eigenvalue weighted by Gasteiger charge is 2.39. The van der Waals surface area contributed by atoms with Gasteiger partial charge in [0, 0.05) is 38.5 Å². The number of halogens is 3. The Hall–Kier alpha value is -2.23. The number of carbonyl (C=O) groups is 1. The molecule has 2 rings (SSSR count). The van der Waals surface area contributed by atoms with Crippen molar-refractivity contribution >= 4 is 24.0 Å². The Morgan fingerprint density at radius 3 is 2.68 bits per heavy atom. The van der Waals surface area contributed by atoms with E-state index in [0.29, 0.717) is 31.6 Å². The number of aryl methyl sites for hydroxylation is 1. The maximum atomic E-state index is 15.3. The number of hydrogen-bond donors (Lipinski definition) is 2. The lowest BCUT2D eigenvalue weighted by Gasteiger charge is -2.37. The van der Waals surface area contributed by atoms with E-state index < -0.39 is 23.0 Å². The summed E-state index contributed by atoms with van der Waals surface area (Å²) in [4.78, 5) is 13.9. The van der Waals surface area contributed by atoms with Crippen LogP contribution in [0.25, 0.3) is 0 Å². The first kappa shape index (κ1) is 22.1. The number of allylic oxidation sites excluding steroid dienone is 3. The average molecular weight is 415 g/mol. The number of piperidine rings is 1. The van der Waals surface area contributed by atoms with Crippen LogP contribution in [0, 0.1) is 11.3 Å². The molecule has 28 heavy (non-hydrogen) atoms. The van der Waals surface area contributed by atoms with Crippen molar-refractivity contribution in [2.45, 2.75) is 36.1 Å². The molecule has 1 saturated heterocycles. The number of nitrogens with one attached hydrogen (secondary N) is 2. The molecule has 0 aromatic carbocycles. The van der Waals surface area contributed by atoms with E-state index in [1.165, 1.54) is 37.0 Å². The monoisotopic (exact) mass is 415 g/mol. The quantitative estimate of drug-likeness (QED) is 0.397. The highest BCUT2D eigenvalue weighted by atomic mass is 32.2. The number of alkyl halides is 3. The van der Waals surface area contributed by atoms with Gasteiger partial charge in [-0.15, -0.1) is 0 Å². The zero-order valence-electron chi connectivity index (χ0n) is 15.8. The lowest BCUT2D eigenvalue weighted by Crippen LogP contribution is -2.46. The van der Waals surface area contributed by atoms with Crippen molar-refractivity contribution in [1.29, 1.82) is 5.41 Å². The summed E-state index contributed by atoms with van der Waals surface area (Å²) in [5.74, 6) is -0.391. The van der Waals surface area contributed by atoms with Crippen LogP contribution in [0.2, 0.25) is 0 Å². The number of amides is 2. The molecule has 1 aliphatic rings. The van der Waals surface area contributed by atoms with Crippen LogP contribution in [-0.2, 0) is 7.05 Å². The van der Waals surface area contributed by atoms with Crippen molar-refractivity contribution in [1.82, 2.24) is 20.0 Å². The average Bonchev–Trinajstić information content (AvgIpc) is 3.01. The summed E-state index contributed by atoms with van der Waals surface area (Å²) >= 11 is 0.760. The standard InChI is InChI=1S/C18H24F3N5OS/c1-4-5-13(10-22)23-17(27)26-8-6-12(7-9-26)18(2,21)28-14-11-25(3)24-15(14)16(19)20/h4-5,10-12,16,22H,1,6-9H2,2-3H3,(H,23,27)/b13-5+,22-10?. The molecule has 0 radical (unpaired) electrons. The van der Waals surface area contributed by atoms with Gasteiger partial charge in [0.1, 0.15) is 5.69 Å². The van der Waals surface area contributed by atoms with E-state index in [2.05, 4.69) is 17.0 Å². The van der Waals surface area contributed by atoms with Crippen LogP contribution in [0.4, 0.5) is 18.0 Å². The zero-order valence-corrected chi connectivity index (χ0v) is 16.6. The summed E-state index contributed by atoms with van der Waals surface area (Å²) in [6.07, 6.45) is 3.42. The molecule has 10 heteroatoms. The van der Waals surface area contributed by atoms with Gasteiger partial charge < -0.3 is 15.6 Å². The molecule has 1 aromatic rings. The van der Waals surface area contributed by atoms with Gasteiger partial charge in [-0.2, -0.15) is 5.10 Å². The Morgan fingerprint density at radius 2 is 2.14 bits per heavy atom. The van der Waals surface area contributed by atoms with E-state index in [1.54, 1.807) is 4.90 Å². The molecule has 1 unspecified atom stereocenters. The largest absolute Gasteiger partial charge is 0.325 e. The number of thioether (sulfide) groups is 1. The molecule has 2 amide bonds. The second-order valence-electron chi connectivity index (χ2n) is 6.63. The van der Waals surface area contributed by atoms with E-state index in [1.807, 2.05) is 0 Å². The normalized spacial score (nSPS) is 18.1. The van der Waals surface area contributed by atoms with Gasteiger partial charge in [0.15, 0.2) is 5.00 Å². The Bertz CT molecular complexity index is 754. The number of likely N-dealkylation sites (tertiary alicyclic amines) is 1. The second kappa shape index (κ2) is 9.31. The summed E-state index contributed by atoms with van der Waals surface area (Å²) in [5.41, 5.74) is -0.106. The van der Waals surface area contributed by atoms with E-state index in [4.69, 9.17) is 5.41 Å². The van der Waals surface area contributed by atoms with Gasteiger partial charge in [-0.1, -0.05) is 24.4 Å². The topological polar surface area (TPSA) is 74.0 Å². The van der Waals surface area contributed by atoms with Gasteiger partial charge in [0.2, 0.25) is 0 Å². The van der Waals surface area contributed by atoms with E-state index >= 15 is 4.39 Å². The first-order valence-corrected chi connectivity index (χ1v) is 9.58. The molecule has 0 bridgehead atoms. The number of nitrogens with zero attached hydrogens (tertiary/aromatic N) is 3. The molecule has 6 nitrogen and oxygen atoms in total. The van der Waals surface area contributed by atoms with Crippen LogP contribution in [0.15, 0.2) is 35.5 Å². The van der Waals surface area contributed by atoms with Crippen LogP contribution >= 0.6 is 11.8 Å². The third-order valence-corrected chi connectivity index (χ3v) is 5.82. The Labute approximate surface area is 166 Å². The molecular formula is C18H24F3N5OS. The minimum atomic E-state index is -2.77. The van der Waals surface area contributed by atoms with Crippen molar-refractivity contribution in [2.24, 2.45) is 13.0 Å². The van der Waals surface area contributed by atoms with Gasteiger partial charge in [-0.25, -0.2) is 18.0 Å². The number of rotatable bonds is 7. The third kappa shape index (κ3) is 5.40. The maximum absolute atomic E-state index is 15.3. The van der Waals surface area contributed by atoms with E-state index in [9.17, 15) is 13.6 Å². The highest BCUT2D eigenvalue weighted by molar-refractivity contribution is 8.00. The summed E-state index contributed by atoms with van der Waals surface area (Å²) in [7, 11) is 1.52. The lowest BCUT2D eigenvalue weighted by atomic mass is 9.92. The van der Waals surface area contributed by atoms with Crippen LogP contribution in [0.5, 0.6) is 0 Å². The molecule has 0 aliphatic carbocycles. The summed E-state index contributed by atoms with van der Waals surface area (Å²) in [6, 6.07) is -0.365. The van der Waals surface area contributed by atoms with Gasteiger partial charge in [-0.05, 0) is 25.8 Å². The predicted octanol–water partition coefficient (Wildman–Crippen LogP) is 4.28. The maximum Gasteiger partial charge on any atom is 0.321 e. The third-order valence-electron chi connectivity index (χ3n) is 4.55. The minimum Gasteiger partial charge on any atom is -0.325 e. The van der Waals surface area contributed by atoms with Crippen LogP contribution < -0.4 is 5.32 Å². The molecule has 0 saturated carbocycles. The lowest BCUT2D eigenvalue weighted by molar-refractivity contribution is 0.120. The molecular weight excluding hydrogens is 391 g/mol. The SMILES string of the molecule is C=C/C=C(\C=N)NC(=O)N1CCC(C(C)(F)Sc2cn(C)nc2C(F)F)CC1. The van der Waals surface area contributed by atoms with Crippen LogP contribution in [0.1, 0.15) is 31.9 Å². The van der Waals surface area contributed by atoms with E-state index in [0.717, 1.165) is 18.0 Å². The van der Waals surface area contributed by atoms with Crippen molar-refractivity contribution in [3.05, 3.63) is 36.3 Å². The van der Waals surface area contributed by atoms with Gasteiger partial charge >= 0.3 is 6.03 Å². The molecule has 2 N–H and O–H groups in total. The number of carbonyl (C=O) groups excluding carboxylic acids is 1. The molecule has 154 valence electrons. The molecule has 2 heterocycles. The second-order valence-corrected chi connectivity index (χ2v) is 8.08. The fourth-order valence-corrected chi connectivity index (χ4v) is 4.34. The van der Waals surface area contributed by atoms with Gasteiger partial charge in [-0.3, -0.25) is 4.68 Å². The predicted molar refractivity (Wildman–Crippen MR) is 103 cm³/mol. The Kier molecular flexibility index (Phi) is 7.34. The summed E-state index contributed by atoms with van der Waals surface area (Å²) in [6.45, 7) is 5.58. The minimum absolute atomic E-state index is 0.132.